The summed E-state index contributed by atoms with van der Waals surface area (Å²) in [5.74, 6) is 0.323. The van der Waals surface area contributed by atoms with Crippen LogP contribution in [0.25, 0.3) is 11.1 Å². The lowest BCUT2D eigenvalue weighted by atomic mass is 10.0. The van der Waals surface area contributed by atoms with E-state index in [1.165, 1.54) is 5.56 Å². The van der Waals surface area contributed by atoms with Crippen molar-refractivity contribution < 1.29 is 5.11 Å². The van der Waals surface area contributed by atoms with Gasteiger partial charge >= 0.3 is 0 Å². The minimum atomic E-state index is 0.323. The van der Waals surface area contributed by atoms with Crippen molar-refractivity contribution in [3.63, 3.8) is 0 Å². The highest BCUT2D eigenvalue weighted by atomic mass is 16.3. The van der Waals surface area contributed by atoms with Crippen molar-refractivity contribution >= 4 is 0 Å². The summed E-state index contributed by atoms with van der Waals surface area (Å²) in [5, 5.41) is 12.8. The summed E-state index contributed by atoms with van der Waals surface area (Å²) in [7, 11) is 1.93. The zero-order valence-electron chi connectivity index (χ0n) is 9.27. The minimum Gasteiger partial charge on any atom is -0.507 e. The Morgan fingerprint density at radius 2 is 1.69 bits per heavy atom. The number of rotatable bonds is 3. The van der Waals surface area contributed by atoms with Crippen LogP contribution in [0.3, 0.4) is 0 Å². The molecular formula is C14H15NO. The van der Waals surface area contributed by atoms with Gasteiger partial charge in [-0.1, -0.05) is 42.5 Å². The van der Waals surface area contributed by atoms with Crippen LogP contribution in [0.1, 0.15) is 5.56 Å². The second-order valence-corrected chi connectivity index (χ2v) is 3.74. The number of phenols is 1. The normalized spacial score (nSPS) is 10.3. The third-order valence-electron chi connectivity index (χ3n) is 2.55. The first-order chi connectivity index (χ1) is 7.81. The van der Waals surface area contributed by atoms with Crippen molar-refractivity contribution in [2.75, 3.05) is 7.05 Å². The van der Waals surface area contributed by atoms with Gasteiger partial charge in [0.25, 0.3) is 0 Å². The summed E-state index contributed by atoms with van der Waals surface area (Å²) in [4.78, 5) is 0. The Kier molecular flexibility index (Phi) is 3.22. The molecule has 0 saturated carbocycles. The predicted octanol–water partition coefficient (Wildman–Crippen LogP) is 2.78. The Morgan fingerprint density at radius 1 is 1.00 bits per heavy atom. The molecule has 0 aliphatic carbocycles. The molecule has 0 heterocycles. The van der Waals surface area contributed by atoms with E-state index in [2.05, 4.69) is 17.4 Å². The van der Waals surface area contributed by atoms with Crippen LogP contribution in [0.4, 0.5) is 0 Å². The van der Waals surface area contributed by atoms with Crippen LogP contribution in [0.5, 0.6) is 5.75 Å². The Hall–Kier alpha value is -1.80. The van der Waals surface area contributed by atoms with Crippen molar-refractivity contribution in [2.24, 2.45) is 0 Å². The second-order valence-electron chi connectivity index (χ2n) is 3.74. The van der Waals surface area contributed by atoms with E-state index >= 15 is 0 Å². The molecule has 0 atom stereocenters. The highest BCUT2D eigenvalue weighted by Gasteiger charge is 2.02. The first kappa shape index (κ1) is 10.7. The van der Waals surface area contributed by atoms with Gasteiger partial charge < -0.3 is 10.4 Å². The lowest BCUT2D eigenvalue weighted by molar-refractivity contribution is 0.477. The maximum Gasteiger partial charge on any atom is 0.123 e. The molecule has 2 aromatic carbocycles. The Balaban J connectivity index is 2.31. The molecule has 0 aliphatic heterocycles. The van der Waals surface area contributed by atoms with Crippen LogP contribution in [0, 0.1) is 0 Å². The number of hydrogen-bond acceptors (Lipinski definition) is 2. The van der Waals surface area contributed by atoms with Crippen molar-refractivity contribution in [1.82, 2.24) is 5.32 Å². The van der Waals surface area contributed by atoms with E-state index in [0.717, 1.165) is 17.7 Å². The zero-order valence-corrected chi connectivity index (χ0v) is 9.27. The molecule has 82 valence electrons. The van der Waals surface area contributed by atoms with Gasteiger partial charge in [-0.05, 0) is 24.2 Å². The summed E-state index contributed by atoms with van der Waals surface area (Å²) in [6.45, 7) is 0.862. The average molecular weight is 213 g/mol. The van der Waals surface area contributed by atoms with E-state index < -0.39 is 0 Å². The summed E-state index contributed by atoms with van der Waals surface area (Å²) in [6, 6.07) is 15.6. The molecule has 0 fully saturated rings. The molecule has 0 radical (unpaired) electrons. The third-order valence-corrected chi connectivity index (χ3v) is 2.55. The maximum atomic E-state index is 9.72. The van der Waals surface area contributed by atoms with Crippen LogP contribution in [0.2, 0.25) is 0 Å². The molecule has 0 bridgehead atoms. The van der Waals surface area contributed by atoms with Gasteiger partial charge in [0.1, 0.15) is 5.75 Å². The monoisotopic (exact) mass is 213 g/mol. The Morgan fingerprint density at radius 3 is 2.31 bits per heavy atom. The summed E-state index contributed by atoms with van der Waals surface area (Å²) in [6.07, 6.45) is 0. The van der Waals surface area contributed by atoms with Crippen molar-refractivity contribution in [3.8, 4) is 16.9 Å². The maximum absolute atomic E-state index is 9.72. The van der Waals surface area contributed by atoms with Crippen molar-refractivity contribution in [1.29, 1.82) is 0 Å². The number of hydrogen-bond donors (Lipinski definition) is 2. The molecule has 2 N–H and O–H groups in total. The average Bonchev–Trinajstić information content (AvgIpc) is 2.31. The van der Waals surface area contributed by atoms with Crippen molar-refractivity contribution in [3.05, 3.63) is 54.1 Å². The van der Waals surface area contributed by atoms with E-state index in [1.54, 1.807) is 6.07 Å². The number of nitrogens with one attached hydrogen (secondary N) is 1. The molecule has 16 heavy (non-hydrogen) atoms. The van der Waals surface area contributed by atoms with Gasteiger partial charge in [-0.2, -0.15) is 0 Å². The summed E-state index contributed by atoms with van der Waals surface area (Å²) < 4.78 is 0. The summed E-state index contributed by atoms with van der Waals surface area (Å²) >= 11 is 0. The molecule has 0 unspecified atom stereocenters. The third kappa shape index (κ3) is 2.23. The van der Waals surface area contributed by atoms with Crippen LogP contribution < -0.4 is 5.32 Å². The van der Waals surface area contributed by atoms with Gasteiger partial charge in [0.15, 0.2) is 0 Å². The minimum absolute atomic E-state index is 0.323. The smallest absolute Gasteiger partial charge is 0.123 e. The molecule has 0 spiro atoms. The Labute approximate surface area is 95.6 Å². The molecule has 0 aliphatic rings. The van der Waals surface area contributed by atoms with E-state index in [9.17, 15) is 5.11 Å². The molecule has 0 saturated heterocycles. The molecule has 2 nitrogen and oxygen atoms in total. The highest BCUT2D eigenvalue weighted by molar-refractivity contribution is 5.69. The predicted molar refractivity (Wildman–Crippen MR) is 66.3 cm³/mol. The van der Waals surface area contributed by atoms with Gasteiger partial charge in [-0.3, -0.25) is 0 Å². The quantitative estimate of drug-likeness (QED) is 0.821. The zero-order chi connectivity index (χ0) is 11.4. The van der Waals surface area contributed by atoms with Gasteiger partial charge in [0, 0.05) is 12.1 Å². The van der Waals surface area contributed by atoms with E-state index in [4.69, 9.17) is 0 Å². The van der Waals surface area contributed by atoms with Crippen LogP contribution in [-0.4, -0.2) is 12.2 Å². The second kappa shape index (κ2) is 4.81. The molecular weight excluding hydrogens is 198 g/mol. The fourth-order valence-electron chi connectivity index (χ4n) is 1.72. The molecule has 2 aromatic rings. The fourth-order valence-corrected chi connectivity index (χ4v) is 1.72. The molecule has 0 amide bonds. The fraction of sp³-hybridized carbons (Fsp3) is 0.143. The molecule has 0 aromatic heterocycles. The standard InChI is InChI=1S/C14H15NO/c1-15-10-11-6-8-12(9-7-11)13-4-2-3-5-14(13)16/h2-9,15-16H,10H2,1H3. The van der Waals surface area contributed by atoms with Crippen LogP contribution in [0.15, 0.2) is 48.5 Å². The highest BCUT2D eigenvalue weighted by Crippen LogP contribution is 2.28. The van der Waals surface area contributed by atoms with Gasteiger partial charge in [0.05, 0.1) is 0 Å². The van der Waals surface area contributed by atoms with Gasteiger partial charge in [0.2, 0.25) is 0 Å². The van der Waals surface area contributed by atoms with Gasteiger partial charge in [-0.25, -0.2) is 0 Å². The number of para-hydroxylation sites is 1. The number of aromatic hydroxyl groups is 1. The largest absolute Gasteiger partial charge is 0.507 e. The van der Waals surface area contributed by atoms with E-state index in [1.807, 2.05) is 37.4 Å². The SMILES string of the molecule is CNCc1ccc(-c2ccccc2O)cc1. The lowest BCUT2D eigenvalue weighted by Crippen LogP contribution is -2.04. The van der Waals surface area contributed by atoms with Crippen LogP contribution >= 0.6 is 0 Å². The number of phenolic OH excluding ortho intramolecular Hbond substituents is 1. The van der Waals surface area contributed by atoms with E-state index in [0.29, 0.717) is 5.75 Å². The topological polar surface area (TPSA) is 32.3 Å². The van der Waals surface area contributed by atoms with Crippen molar-refractivity contribution in [2.45, 2.75) is 6.54 Å². The van der Waals surface area contributed by atoms with Crippen LogP contribution in [-0.2, 0) is 6.54 Å². The number of benzene rings is 2. The lowest BCUT2D eigenvalue weighted by Gasteiger charge is -2.05. The Bertz CT molecular complexity index is 462. The summed E-state index contributed by atoms with van der Waals surface area (Å²) in [5.41, 5.74) is 3.15. The first-order valence-electron chi connectivity index (χ1n) is 5.33. The first-order valence-corrected chi connectivity index (χ1v) is 5.33. The van der Waals surface area contributed by atoms with Gasteiger partial charge in [-0.15, -0.1) is 0 Å². The molecule has 2 rings (SSSR count). The van der Waals surface area contributed by atoms with E-state index in [-0.39, 0.29) is 0 Å². The molecule has 2 heteroatoms.